The zero-order chi connectivity index (χ0) is 77.3. The fourth-order valence-corrected chi connectivity index (χ4v) is 9.72. The number of fused-ring (bicyclic) bond motifs is 1. The van der Waals surface area contributed by atoms with E-state index in [-0.39, 0.29) is 101 Å². The maximum Gasteiger partial charge on any atom is 0.425 e. The number of phosphoric ester groups is 1. The first-order chi connectivity index (χ1) is 47.7. The molecule has 35 nitrogen and oxygen atoms in total. The summed E-state index contributed by atoms with van der Waals surface area (Å²) < 4.78 is 108. The smallest absolute Gasteiger partial charge is 0.425 e. The van der Waals surface area contributed by atoms with Crippen molar-refractivity contribution in [1.82, 2.24) is 30.9 Å². The van der Waals surface area contributed by atoms with E-state index in [0.717, 1.165) is 23.3 Å². The Morgan fingerprint density at radius 3 is 1.55 bits per heavy atom. The number of aromatic hydroxyl groups is 3. The van der Waals surface area contributed by atoms with Crippen molar-refractivity contribution in [2.24, 2.45) is 0 Å². The summed E-state index contributed by atoms with van der Waals surface area (Å²) in [4.78, 5) is 49.3. The molecule has 5 aromatic rings. The SMILES string of the molecule is CCOP(=O)([O-])OCC[N+](C)(C)Cc1c(CCC(=O)NCC(OC)OC)cc(C(C)(C)C)c(O)c1-n1nc2ccccc2n1.COC(CNC(=O)c1cc(S(=O)(=O)O)cc(N)c1O)OC.COC(CNC(=O)c1ccc(O)c(N)c1)OC.N=C1C=CC=CC1=N.N=C1C=CC=CC1=N.O=S(=O)=O. The van der Waals surface area contributed by atoms with Gasteiger partial charge in [0, 0.05) is 65.8 Å². The van der Waals surface area contributed by atoms with Crippen LogP contribution in [0.5, 0.6) is 17.2 Å². The van der Waals surface area contributed by atoms with Gasteiger partial charge < -0.3 is 89.6 Å². The number of amides is 3. The van der Waals surface area contributed by atoms with Crippen LogP contribution in [-0.4, -0.2) is 216 Å². The number of ether oxygens (including phenoxy) is 6. The summed E-state index contributed by atoms with van der Waals surface area (Å²) in [5.41, 5.74) is 15.4. The van der Waals surface area contributed by atoms with Crippen LogP contribution in [0.2, 0.25) is 0 Å². The first-order valence-corrected chi connectivity index (χ1v) is 34.3. The second-order valence-electron chi connectivity index (χ2n) is 22.9. The fraction of sp³-hybridized carbons (Fsp3) is 0.391. The number of nitrogens with zero attached hydrogens (tertiary/aromatic N) is 4. The molecule has 0 saturated heterocycles. The Kier molecular flexibility index (Phi) is 37.3. The zero-order valence-electron chi connectivity index (χ0n) is 58.3. The Balaban J connectivity index is 0.000000499. The number of nitrogens with one attached hydrogen (secondary N) is 7. The Hall–Kier alpha value is -9.31. The molecule has 0 bridgehead atoms. The fourth-order valence-electron chi connectivity index (χ4n) is 8.49. The van der Waals surface area contributed by atoms with Crippen molar-refractivity contribution in [2.75, 3.05) is 108 Å². The van der Waals surface area contributed by atoms with E-state index in [1.165, 1.54) is 65.7 Å². The molecule has 2 aliphatic carbocycles. The summed E-state index contributed by atoms with van der Waals surface area (Å²) in [6.45, 7) is 8.51. The Morgan fingerprint density at radius 1 is 0.686 bits per heavy atom. The molecule has 1 unspecified atom stereocenters. The number of anilines is 2. The predicted octanol–water partition coefficient (Wildman–Crippen LogP) is 4.38. The van der Waals surface area contributed by atoms with Crippen molar-refractivity contribution >= 4 is 91.5 Å². The van der Waals surface area contributed by atoms with Crippen LogP contribution in [0.4, 0.5) is 11.4 Å². The molecule has 0 fully saturated rings. The number of phenolic OH excluding ortho intramolecular Hbond substituents is 3. The summed E-state index contributed by atoms with van der Waals surface area (Å²) in [5.74, 6) is -1.89. The number of aryl methyl sites for hydroxylation is 1. The Labute approximate surface area is 592 Å². The summed E-state index contributed by atoms with van der Waals surface area (Å²) in [6.07, 6.45) is 12.2. The van der Waals surface area contributed by atoms with Crippen LogP contribution in [0.3, 0.4) is 0 Å². The lowest BCUT2D eigenvalue weighted by atomic mass is 9.82. The van der Waals surface area contributed by atoms with Crippen LogP contribution in [-0.2, 0) is 85.9 Å². The molecule has 102 heavy (non-hydrogen) atoms. The first-order valence-electron chi connectivity index (χ1n) is 30.4. The largest absolute Gasteiger partial charge is 0.756 e. The molecule has 560 valence electrons. The number of methoxy groups -OCH3 is 6. The van der Waals surface area contributed by atoms with Gasteiger partial charge in [0.1, 0.15) is 47.9 Å². The Bertz CT molecular complexity index is 4000. The van der Waals surface area contributed by atoms with Gasteiger partial charge in [0.2, 0.25) is 5.91 Å². The number of rotatable bonds is 27. The van der Waals surface area contributed by atoms with Crippen LogP contribution in [0, 0.1) is 21.6 Å². The van der Waals surface area contributed by atoms with Gasteiger partial charge >= 0.3 is 10.6 Å². The van der Waals surface area contributed by atoms with Gasteiger partial charge in [-0.2, -0.15) is 8.42 Å². The lowest BCUT2D eigenvalue weighted by Gasteiger charge is -2.33. The molecule has 0 saturated carbocycles. The molecule has 1 atom stereocenters. The van der Waals surface area contributed by atoms with Gasteiger partial charge in [-0.1, -0.05) is 63.3 Å². The number of carbonyl (C=O) groups excluding carboxylic acids is 3. The number of hydrogen-bond acceptors (Lipinski definition) is 29. The van der Waals surface area contributed by atoms with E-state index in [0.29, 0.717) is 47.4 Å². The van der Waals surface area contributed by atoms with Crippen LogP contribution in [0.15, 0.2) is 114 Å². The molecule has 4 aromatic carbocycles. The van der Waals surface area contributed by atoms with E-state index in [1.54, 1.807) is 55.5 Å². The lowest BCUT2D eigenvalue weighted by Crippen LogP contribution is -2.42. The molecule has 1 heterocycles. The third kappa shape index (κ3) is 30.9. The van der Waals surface area contributed by atoms with E-state index in [1.807, 2.05) is 65.2 Å². The van der Waals surface area contributed by atoms with E-state index < -0.39 is 75.0 Å². The normalized spacial score (nSPS) is 13.1. The summed E-state index contributed by atoms with van der Waals surface area (Å²) in [6, 6.07) is 15.3. The highest BCUT2D eigenvalue weighted by Gasteiger charge is 2.31. The highest BCUT2D eigenvalue weighted by atomic mass is 32.2. The number of nitrogen functional groups attached to an aromatic ring is 2. The number of phosphoric acid groups is 1. The second kappa shape index (κ2) is 42.8. The number of phenols is 3. The van der Waals surface area contributed by atoms with Crippen molar-refractivity contribution in [3.8, 4) is 22.9 Å². The minimum absolute atomic E-state index is 0.0124. The number of nitrogens with two attached hydrogens (primary N) is 2. The highest BCUT2D eigenvalue weighted by Crippen LogP contribution is 2.41. The monoisotopic (exact) mass is 1490 g/mol. The van der Waals surface area contributed by atoms with Crippen molar-refractivity contribution in [3.05, 3.63) is 137 Å². The number of benzene rings is 4. The van der Waals surface area contributed by atoms with Crippen LogP contribution in [0.25, 0.3) is 16.7 Å². The van der Waals surface area contributed by atoms with Crippen LogP contribution in [0.1, 0.15) is 71.5 Å². The molecule has 7 rings (SSSR count). The van der Waals surface area contributed by atoms with Gasteiger partial charge in [-0.3, -0.25) is 45.1 Å². The number of quaternary nitrogens is 1. The maximum atomic E-state index is 12.9. The van der Waals surface area contributed by atoms with Gasteiger partial charge in [0.15, 0.2) is 24.6 Å². The van der Waals surface area contributed by atoms with E-state index in [4.69, 9.17) is 87.8 Å². The second-order valence-corrected chi connectivity index (χ2v) is 26.1. The van der Waals surface area contributed by atoms with E-state index in [2.05, 4.69) is 26.1 Å². The zero-order valence-corrected chi connectivity index (χ0v) is 60.9. The minimum atomic E-state index is -4.56. The van der Waals surface area contributed by atoms with Crippen LogP contribution >= 0.6 is 7.82 Å². The summed E-state index contributed by atoms with van der Waals surface area (Å²) >= 11 is 0. The summed E-state index contributed by atoms with van der Waals surface area (Å²) in [5, 5.41) is 76.1. The van der Waals surface area contributed by atoms with Crippen molar-refractivity contribution < 1.29 is 107 Å². The number of hydrogen-bond donors (Lipinski definition) is 13. The molecular weight excluding hydrogens is 1400 g/mol. The van der Waals surface area contributed by atoms with Gasteiger partial charge in [-0.15, -0.1) is 27.6 Å². The average Bonchev–Trinajstić information content (AvgIpc) is 1.33. The molecule has 3 amide bonds. The van der Waals surface area contributed by atoms with Gasteiger partial charge in [-0.05, 0) is 91.1 Å². The number of likely N-dealkylation sites (N-methyl/N-ethyl adjacent to an activating group) is 1. The molecule has 38 heteroatoms. The number of carbonyl (C=O) groups is 3. The number of allylic oxidation sites excluding steroid dienone is 8. The van der Waals surface area contributed by atoms with Gasteiger partial charge in [0.25, 0.3) is 29.8 Å². The van der Waals surface area contributed by atoms with Gasteiger partial charge in [0.05, 0.1) is 85.0 Å². The van der Waals surface area contributed by atoms with E-state index in [9.17, 15) is 47.6 Å². The topological polar surface area (TPSA) is 546 Å². The van der Waals surface area contributed by atoms with E-state index >= 15 is 0 Å². The minimum Gasteiger partial charge on any atom is -0.756 e. The third-order valence-corrected chi connectivity index (χ3v) is 15.8. The standard InChI is InChI=1S/C30H46N5O8P.C11H16N2O7S.C11H16N2O4.2C6H6N2.O3S/c1-9-42-44(38,39)43-17-16-35(5,6)20-22-21(14-15-26(36)31-19-27(40-7)41-8)18-23(30(2,3)4)29(37)28(22)34-32-24-12-10-11-13-25(24)33-34;1-19-9(20-2)5-13-11(15)7-3-6(21(16,17)18)4-8(12)10(7)14;1-16-10(17-2)6-13-11(15)7-3-4-9(14)8(12)5-7;2*7-5-3-1-2-4-6(5)8;1-4(2)3/h10-13,18,27H,9,14-17,19-20H2,1-8H3,(H2-,31,36,37,38,39);3-4,9,14H,5,12H2,1-2H3,(H,13,15)(H,16,17,18);3-5,10,14H,6,12H2,1-2H3,(H,13,15);2*1-4,7-8H;. The first kappa shape index (κ1) is 88.8. The average molecular weight is 1490 g/mol. The third-order valence-electron chi connectivity index (χ3n) is 13.9. The predicted molar refractivity (Wildman–Crippen MR) is 377 cm³/mol. The quantitative estimate of drug-likeness (QED) is 0.00659. The maximum absolute atomic E-state index is 12.9. The lowest BCUT2D eigenvalue weighted by molar-refractivity contribution is -0.903. The van der Waals surface area contributed by atoms with Crippen LogP contribution < -0.4 is 32.3 Å². The number of aromatic nitrogens is 3. The molecule has 0 spiro atoms. The molecule has 2 aliphatic rings. The molecular formula is C64H90N13O22PS2. The molecule has 0 aliphatic heterocycles. The molecule has 1 aromatic heterocycles. The highest BCUT2D eigenvalue weighted by molar-refractivity contribution is 7.85. The molecule has 0 radical (unpaired) electrons. The van der Waals surface area contributed by atoms with Crippen molar-refractivity contribution in [2.45, 2.75) is 76.3 Å². The Morgan fingerprint density at radius 2 is 1.14 bits per heavy atom. The molecule has 15 N–H and O–H groups in total. The summed E-state index contributed by atoms with van der Waals surface area (Å²) in [7, 11) is 0.497. The van der Waals surface area contributed by atoms with Crippen molar-refractivity contribution in [1.29, 1.82) is 21.6 Å². The van der Waals surface area contributed by atoms with Gasteiger partial charge in [-0.25, -0.2) is 0 Å². The van der Waals surface area contributed by atoms with Crippen molar-refractivity contribution in [3.63, 3.8) is 0 Å².